The maximum Gasteiger partial charge on any atom is 0.160 e. The Morgan fingerprint density at radius 2 is 1.33 bits per heavy atom. The first kappa shape index (κ1) is 40.0. The molecule has 0 saturated heterocycles. The SMILES string of the molecule is C/C=C(\C=C/Cc1ccccc1)c1cc(-c2cccc(-n3c4cc(-c5ccc6c(c5)Oc5ccccc5N6c5ccccc5)ccc4c4c5c(ccc43)CCC=C5)c2)nc(-c2ccccc2)n1. The topological polar surface area (TPSA) is 43.2 Å². The Labute approximate surface area is 390 Å². The van der Waals surface area contributed by atoms with Crippen molar-refractivity contribution in [3.63, 3.8) is 0 Å². The van der Waals surface area contributed by atoms with Gasteiger partial charge in [0.25, 0.3) is 0 Å². The van der Waals surface area contributed by atoms with Gasteiger partial charge in [-0.25, -0.2) is 9.97 Å². The minimum absolute atomic E-state index is 0.693. The summed E-state index contributed by atoms with van der Waals surface area (Å²) in [5.41, 5.74) is 17.4. The van der Waals surface area contributed by atoms with Gasteiger partial charge in [-0.15, -0.1) is 0 Å². The zero-order valence-electron chi connectivity index (χ0n) is 37.2. The molecule has 1 aliphatic heterocycles. The van der Waals surface area contributed by atoms with Crippen molar-refractivity contribution in [2.24, 2.45) is 0 Å². The summed E-state index contributed by atoms with van der Waals surface area (Å²) in [5, 5.41) is 2.50. The molecule has 0 N–H and O–H groups in total. The molecule has 0 radical (unpaired) electrons. The van der Waals surface area contributed by atoms with Gasteiger partial charge in [0, 0.05) is 33.3 Å². The van der Waals surface area contributed by atoms with Crippen LogP contribution in [0.1, 0.15) is 35.7 Å². The number of aromatic nitrogens is 3. The second kappa shape index (κ2) is 17.1. The molecule has 10 aromatic rings. The number of hydrogen-bond donors (Lipinski definition) is 0. The number of anilines is 3. The molecule has 1 aliphatic carbocycles. The molecule has 0 spiro atoms. The van der Waals surface area contributed by atoms with Crippen LogP contribution in [0.2, 0.25) is 0 Å². The molecule has 2 aliphatic rings. The first-order chi connectivity index (χ1) is 33.2. The molecular formula is C62H46N4O. The van der Waals surface area contributed by atoms with E-state index < -0.39 is 0 Å². The van der Waals surface area contributed by atoms with Crippen molar-refractivity contribution in [1.82, 2.24) is 14.5 Å². The van der Waals surface area contributed by atoms with Gasteiger partial charge in [0.1, 0.15) is 0 Å². The molecule has 320 valence electrons. The summed E-state index contributed by atoms with van der Waals surface area (Å²) in [7, 11) is 0. The fourth-order valence-electron chi connectivity index (χ4n) is 9.81. The number of fused-ring (bicyclic) bond motifs is 7. The molecule has 0 atom stereocenters. The van der Waals surface area contributed by atoms with Crippen LogP contribution < -0.4 is 9.64 Å². The third-order valence-electron chi connectivity index (χ3n) is 13.1. The number of benzene rings is 8. The Bertz CT molecular complexity index is 3590. The van der Waals surface area contributed by atoms with E-state index in [-0.39, 0.29) is 0 Å². The molecule has 12 rings (SSSR count). The van der Waals surface area contributed by atoms with Gasteiger partial charge in [0.15, 0.2) is 17.3 Å². The summed E-state index contributed by atoms with van der Waals surface area (Å²) in [5.74, 6) is 2.34. The normalized spacial score (nSPS) is 13.1. The van der Waals surface area contributed by atoms with Crippen LogP contribution in [-0.2, 0) is 12.8 Å². The lowest BCUT2D eigenvalue weighted by atomic mass is 9.93. The molecule has 0 saturated carbocycles. The van der Waals surface area contributed by atoms with E-state index in [2.05, 4.69) is 211 Å². The molecule has 0 unspecified atom stereocenters. The van der Waals surface area contributed by atoms with E-state index in [0.717, 1.165) is 98.2 Å². The lowest BCUT2D eigenvalue weighted by Crippen LogP contribution is -2.15. The monoisotopic (exact) mass is 862 g/mol. The highest BCUT2D eigenvalue weighted by molar-refractivity contribution is 6.14. The molecular weight excluding hydrogens is 817 g/mol. The van der Waals surface area contributed by atoms with Gasteiger partial charge in [-0.05, 0) is 126 Å². The molecule has 2 aromatic heterocycles. The molecule has 5 heteroatoms. The fraction of sp³-hybridized carbons (Fsp3) is 0.0645. The molecule has 3 heterocycles. The zero-order chi connectivity index (χ0) is 44.7. The van der Waals surface area contributed by atoms with E-state index in [9.17, 15) is 0 Å². The Kier molecular flexibility index (Phi) is 10.2. The van der Waals surface area contributed by atoms with E-state index in [1.165, 1.54) is 33.0 Å². The average molecular weight is 863 g/mol. The average Bonchev–Trinajstić information content (AvgIpc) is 3.74. The Morgan fingerprint density at radius 3 is 2.18 bits per heavy atom. The maximum atomic E-state index is 6.67. The highest BCUT2D eigenvalue weighted by atomic mass is 16.5. The predicted octanol–water partition coefficient (Wildman–Crippen LogP) is 16.3. The molecule has 8 aromatic carbocycles. The van der Waals surface area contributed by atoms with Crippen LogP contribution in [0.4, 0.5) is 17.1 Å². The van der Waals surface area contributed by atoms with Crippen molar-refractivity contribution >= 4 is 50.5 Å². The predicted molar refractivity (Wildman–Crippen MR) is 278 cm³/mol. The Hall–Kier alpha value is -8.54. The fourth-order valence-corrected chi connectivity index (χ4v) is 9.81. The summed E-state index contributed by atoms with van der Waals surface area (Å²) in [6.45, 7) is 2.08. The van der Waals surface area contributed by atoms with E-state index in [1.807, 2.05) is 30.3 Å². The quantitative estimate of drug-likeness (QED) is 0.136. The lowest BCUT2D eigenvalue weighted by molar-refractivity contribution is 0.477. The number of aryl methyl sites for hydroxylation is 1. The maximum absolute atomic E-state index is 6.67. The second-order valence-corrected chi connectivity index (χ2v) is 17.2. The van der Waals surface area contributed by atoms with Gasteiger partial charge >= 0.3 is 0 Å². The smallest absolute Gasteiger partial charge is 0.160 e. The Morgan fingerprint density at radius 1 is 0.597 bits per heavy atom. The lowest BCUT2D eigenvalue weighted by Gasteiger charge is -2.33. The van der Waals surface area contributed by atoms with E-state index in [0.29, 0.717) is 5.82 Å². The summed E-state index contributed by atoms with van der Waals surface area (Å²) in [6.07, 6.45) is 14.1. The second-order valence-electron chi connectivity index (χ2n) is 17.2. The molecule has 67 heavy (non-hydrogen) atoms. The highest BCUT2D eigenvalue weighted by Crippen LogP contribution is 2.51. The van der Waals surface area contributed by atoms with Crippen molar-refractivity contribution < 1.29 is 4.74 Å². The van der Waals surface area contributed by atoms with Crippen molar-refractivity contribution in [1.29, 1.82) is 0 Å². The van der Waals surface area contributed by atoms with Gasteiger partial charge in [-0.2, -0.15) is 0 Å². The van der Waals surface area contributed by atoms with E-state index >= 15 is 0 Å². The molecule has 0 bridgehead atoms. The first-order valence-corrected chi connectivity index (χ1v) is 23.1. The third-order valence-corrected chi connectivity index (χ3v) is 13.1. The van der Waals surface area contributed by atoms with Crippen LogP contribution in [0.5, 0.6) is 11.5 Å². The van der Waals surface area contributed by atoms with Crippen molar-refractivity contribution in [3.8, 4) is 51.0 Å². The summed E-state index contributed by atoms with van der Waals surface area (Å²) in [6, 6.07) is 68.7. The number of rotatable bonds is 9. The van der Waals surface area contributed by atoms with Crippen LogP contribution in [0.15, 0.2) is 218 Å². The van der Waals surface area contributed by atoms with Crippen LogP contribution in [0, 0.1) is 0 Å². The minimum atomic E-state index is 0.693. The van der Waals surface area contributed by atoms with Crippen molar-refractivity contribution in [3.05, 3.63) is 241 Å². The zero-order valence-corrected chi connectivity index (χ0v) is 37.2. The van der Waals surface area contributed by atoms with Gasteiger partial charge < -0.3 is 14.2 Å². The number of allylic oxidation sites excluding steroid dienone is 5. The largest absolute Gasteiger partial charge is 0.453 e. The van der Waals surface area contributed by atoms with Crippen LogP contribution in [-0.4, -0.2) is 14.5 Å². The molecule has 5 nitrogen and oxygen atoms in total. The van der Waals surface area contributed by atoms with Gasteiger partial charge in [-0.3, -0.25) is 0 Å². The van der Waals surface area contributed by atoms with Crippen LogP contribution in [0.3, 0.4) is 0 Å². The molecule has 0 amide bonds. The van der Waals surface area contributed by atoms with Gasteiger partial charge in [0.05, 0.1) is 33.8 Å². The molecule has 0 fully saturated rings. The van der Waals surface area contributed by atoms with Crippen LogP contribution in [0.25, 0.3) is 72.9 Å². The summed E-state index contributed by atoms with van der Waals surface area (Å²) >= 11 is 0. The number of para-hydroxylation sites is 3. The minimum Gasteiger partial charge on any atom is -0.453 e. The Balaban J connectivity index is 0.991. The highest BCUT2D eigenvalue weighted by Gasteiger charge is 2.26. The van der Waals surface area contributed by atoms with Gasteiger partial charge in [-0.1, -0.05) is 158 Å². The number of hydrogen-bond acceptors (Lipinski definition) is 4. The standard InChI is InChI=1S/C62H46N4O/c1-2-43(24-16-20-42-18-6-3-7-19-42)53-41-54(64-62(63-53)45-22-8-4-9-23-45)48-25-17-28-50(38-48)66-57-37-33-44-21-12-13-29-51(44)61(57)52-35-32-46(39-58(52)66)47-34-36-56-60(40-47)67-59-31-15-14-30-55(59)65(56)49-26-10-5-11-27-49/h2-11,13-19,22-41H,12,20-21H2,1H3/b24-16-,43-2+. The van der Waals surface area contributed by atoms with Gasteiger partial charge in [0.2, 0.25) is 0 Å². The van der Waals surface area contributed by atoms with Crippen LogP contribution >= 0.6 is 0 Å². The first-order valence-electron chi connectivity index (χ1n) is 23.1. The van der Waals surface area contributed by atoms with E-state index in [1.54, 1.807) is 0 Å². The van der Waals surface area contributed by atoms with Crippen molar-refractivity contribution in [2.75, 3.05) is 4.90 Å². The van der Waals surface area contributed by atoms with E-state index in [4.69, 9.17) is 14.7 Å². The third kappa shape index (κ3) is 7.41. The summed E-state index contributed by atoms with van der Waals surface area (Å²) in [4.78, 5) is 12.7. The number of nitrogens with zero attached hydrogens (tertiary/aromatic N) is 4. The van der Waals surface area contributed by atoms with Crippen molar-refractivity contribution in [2.45, 2.75) is 26.2 Å². The summed E-state index contributed by atoms with van der Waals surface area (Å²) < 4.78 is 9.11. The number of ether oxygens (including phenoxy) is 1.